The number of nitrogens with zero attached hydrogens (tertiary/aromatic N) is 1. The van der Waals surface area contributed by atoms with E-state index in [1.807, 2.05) is 0 Å². The van der Waals surface area contributed by atoms with E-state index in [2.05, 4.69) is 5.32 Å². The molecule has 1 aromatic rings. The lowest BCUT2D eigenvalue weighted by molar-refractivity contribution is -0.385. The zero-order valence-corrected chi connectivity index (χ0v) is 9.56. The monoisotopic (exact) mass is 235 g/mol. The van der Waals surface area contributed by atoms with Gasteiger partial charge in [-0.25, -0.2) is 0 Å². The molecule has 0 aliphatic carbocycles. The molecule has 0 aliphatic heterocycles. The average Bonchev–Trinajstić information content (AvgIpc) is 2.35. The van der Waals surface area contributed by atoms with E-state index in [1.54, 1.807) is 13.1 Å². The Hall–Kier alpha value is -2.37. The van der Waals surface area contributed by atoms with Gasteiger partial charge in [-0.05, 0) is 24.4 Å². The van der Waals surface area contributed by atoms with Gasteiger partial charge in [0.15, 0.2) is 0 Å². The van der Waals surface area contributed by atoms with Gasteiger partial charge in [0.05, 0.1) is 29.4 Å². The summed E-state index contributed by atoms with van der Waals surface area (Å²) < 4.78 is 4.92. The lowest BCUT2D eigenvalue weighted by Crippen LogP contribution is -2.03. The Bertz CT molecular complexity index is 469. The van der Waals surface area contributed by atoms with Crippen LogP contribution in [-0.2, 0) is 0 Å². The van der Waals surface area contributed by atoms with Crippen LogP contribution in [0.5, 0.6) is 5.75 Å². The molecule has 6 heteroatoms. The quantitative estimate of drug-likeness (QED) is 0.462. The molecule has 0 saturated carbocycles. The molecule has 17 heavy (non-hydrogen) atoms. The second-order valence-electron chi connectivity index (χ2n) is 3.18. The number of hydrogen-bond donors (Lipinski definition) is 2. The molecule has 90 valence electrons. The maximum absolute atomic E-state index is 10.9. The summed E-state index contributed by atoms with van der Waals surface area (Å²) in [5.74, 6) is 0.394. The standard InChI is InChI=1S/C11H13N3O3/c1-13-6-5-10(12)9-4-3-8(17-2)7-11(9)14(15)16/h3-7,12-13H,1-2H3/b6-5-,12-10?. The van der Waals surface area contributed by atoms with E-state index >= 15 is 0 Å². The molecule has 6 nitrogen and oxygen atoms in total. The molecule has 0 aliphatic rings. The highest BCUT2D eigenvalue weighted by Gasteiger charge is 2.17. The molecule has 0 aromatic heterocycles. The van der Waals surface area contributed by atoms with E-state index in [4.69, 9.17) is 10.1 Å². The molecular weight excluding hydrogens is 222 g/mol. The fraction of sp³-hybridized carbons (Fsp3) is 0.182. The van der Waals surface area contributed by atoms with Crippen molar-refractivity contribution >= 4 is 11.4 Å². The number of nitro groups is 1. The van der Waals surface area contributed by atoms with E-state index < -0.39 is 4.92 Å². The van der Waals surface area contributed by atoms with Gasteiger partial charge in [-0.2, -0.15) is 0 Å². The lowest BCUT2D eigenvalue weighted by atomic mass is 10.1. The van der Waals surface area contributed by atoms with E-state index in [0.29, 0.717) is 5.75 Å². The van der Waals surface area contributed by atoms with Crippen molar-refractivity contribution in [2.45, 2.75) is 0 Å². The van der Waals surface area contributed by atoms with Crippen LogP contribution in [0.3, 0.4) is 0 Å². The number of hydrogen-bond acceptors (Lipinski definition) is 5. The lowest BCUT2D eigenvalue weighted by Gasteiger charge is -2.04. The third-order valence-electron chi connectivity index (χ3n) is 2.11. The molecule has 0 radical (unpaired) electrons. The summed E-state index contributed by atoms with van der Waals surface area (Å²) in [5, 5.41) is 21.3. The normalized spacial score (nSPS) is 10.2. The van der Waals surface area contributed by atoms with Crippen molar-refractivity contribution in [3.63, 3.8) is 0 Å². The summed E-state index contributed by atoms with van der Waals surface area (Å²) in [6, 6.07) is 4.39. The van der Waals surface area contributed by atoms with Gasteiger partial charge in [-0.1, -0.05) is 0 Å². The topological polar surface area (TPSA) is 88.2 Å². The zero-order valence-electron chi connectivity index (χ0n) is 9.56. The Kier molecular flexibility index (Phi) is 4.21. The van der Waals surface area contributed by atoms with Gasteiger partial charge in [0.25, 0.3) is 5.69 Å². The smallest absolute Gasteiger partial charge is 0.282 e. The van der Waals surface area contributed by atoms with Gasteiger partial charge in [-0.15, -0.1) is 0 Å². The summed E-state index contributed by atoms with van der Waals surface area (Å²) in [6.45, 7) is 0. The van der Waals surface area contributed by atoms with Crippen molar-refractivity contribution < 1.29 is 9.66 Å². The summed E-state index contributed by atoms with van der Waals surface area (Å²) in [5.41, 5.74) is 0.172. The molecular formula is C11H13N3O3. The Morgan fingerprint density at radius 2 is 2.29 bits per heavy atom. The molecule has 0 saturated heterocycles. The van der Waals surface area contributed by atoms with Crippen molar-refractivity contribution in [3.05, 3.63) is 46.2 Å². The summed E-state index contributed by atoms with van der Waals surface area (Å²) >= 11 is 0. The second-order valence-corrected chi connectivity index (χ2v) is 3.18. The number of nitro benzene ring substituents is 1. The molecule has 0 bridgehead atoms. The highest BCUT2D eigenvalue weighted by molar-refractivity contribution is 6.09. The highest BCUT2D eigenvalue weighted by Crippen LogP contribution is 2.25. The first kappa shape index (κ1) is 12.7. The second kappa shape index (κ2) is 5.64. The third kappa shape index (κ3) is 3.04. The molecule has 0 unspecified atom stereocenters. The van der Waals surface area contributed by atoms with Crippen LogP contribution < -0.4 is 10.1 Å². The van der Waals surface area contributed by atoms with E-state index in [0.717, 1.165) is 0 Å². The van der Waals surface area contributed by atoms with E-state index in [9.17, 15) is 10.1 Å². The number of allylic oxidation sites excluding steroid dienone is 1. The molecule has 0 fully saturated rings. The Morgan fingerprint density at radius 1 is 1.59 bits per heavy atom. The zero-order chi connectivity index (χ0) is 12.8. The van der Waals surface area contributed by atoms with Crippen molar-refractivity contribution in [2.75, 3.05) is 14.2 Å². The van der Waals surface area contributed by atoms with Crippen LogP contribution in [0.1, 0.15) is 5.56 Å². The largest absolute Gasteiger partial charge is 0.497 e. The molecule has 2 N–H and O–H groups in total. The minimum Gasteiger partial charge on any atom is -0.497 e. The van der Waals surface area contributed by atoms with E-state index in [1.165, 1.54) is 31.5 Å². The molecule has 0 atom stereocenters. The van der Waals surface area contributed by atoms with Crippen LogP contribution in [0.4, 0.5) is 5.69 Å². The highest BCUT2D eigenvalue weighted by atomic mass is 16.6. The molecule has 1 aromatic carbocycles. The maximum Gasteiger partial charge on any atom is 0.282 e. The first-order valence-corrected chi connectivity index (χ1v) is 4.85. The van der Waals surface area contributed by atoms with Crippen LogP contribution in [-0.4, -0.2) is 24.8 Å². The number of benzene rings is 1. The Labute approximate surface area is 98.6 Å². The van der Waals surface area contributed by atoms with Gasteiger partial charge in [0.1, 0.15) is 5.75 Å². The average molecular weight is 235 g/mol. The van der Waals surface area contributed by atoms with Crippen molar-refractivity contribution in [1.82, 2.24) is 5.32 Å². The predicted molar refractivity (Wildman–Crippen MR) is 64.7 cm³/mol. The predicted octanol–water partition coefficient (Wildman–Crippen LogP) is 1.70. The number of ether oxygens (including phenoxy) is 1. The summed E-state index contributed by atoms with van der Waals surface area (Å²) in [4.78, 5) is 10.4. The minimum absolute atomic E-state index is 0.0636. The fourth-order valence-electron chi connectivity index (χ4n) is 1.27. The molecule has 1 rings (SSSR count). The first-order chi connectivity index (χ1) is 8.10. The van der Waals surface area contributed by atoms with Gasteiger partial charge in [0.2, 0.25) is 0 Å². The first-order valence-electron chi connectivity index (χ1n) is 4.85. The number of rotatable bonds is 5. The molecule has 0 spiro atoms. The molecule has 0 amide bonds. The van der Waals surface area contributed by atoms with Crippen LogP contribution >= 0.6 is 0 Å². The fourth-order valence-corrected chi connectivity index (χ4v) is 1.27. The van der Waals surface area contributed by atoms with Crippen LogP contribution in [0.2, 0.25) is 0 Å². The maximum atomic E-state index is 10.9. The SMILES string of the molecule is CN/C=C\C(=N)c1ccc(OC)cc1[N+](=O)[O-]. The molecule has 0 heterocycles. The van der Waals surface area contributed by atoms with Gasteiger partial charge >= 0.3 is 0 Å². The van der Waals surface area contributed by atoms with Gasteiger partial charge < -0.3 is 10.1 Å². The Balaban J connectivity index is 3.19. The van der Waals surface area contributed by atoms with Crippen molar-refractivity contribution in [3.8, 4) is 5.75 Å². The minimum atomic E-state index is -0.528. The van der Waals surface area contributed by atoms with Gasteiger partial charge in [-0.3, -0.25) is 15.5 Å². The van der Waals surface area contributed by atoms with E-state index in [-0.39, 0.29) is 17.0 Å². The van der Waals surface area contributed by atoms with Gasteiger partial charge in [0, 0.05) is 7.05 Å². The summed E-state index contributed by atoms with van der Waals surface area (Å²) in [7, 11) is 3.12. The van der Waals surface area contributed by atoms with Crippen LogP contribution in [0, 0.1) is 15.5 Å². The number of methoxy groups -OCH3 is 1. The van der Waals surface area contributed by atoms with Crippen LogP contribution in [0.25, 0.3) is 0 Å². The van der Waals surface area contributed by atoms with Crippen molar-refractivity contribution in [2.24, 2.45) is 0 Å². The third-order valence-corrected chi connectivity index (χ3v) is 2.11. The number of nitrogens with one attached hydrogen (secondary N) is 2. The van der Waals surface area contributed by atoms with Crippen LogP contribution in [0.15, 0.2) is 30.5 Å². The van der Waals surface area contributed by atoms with Crippen molar-refractivity contribution in [1.29, 1.82) is 5.41 Å². The Morgan fingerprint density at radius 3 is 2.82 bits per heavy atom. The summed E-state index contributed by atoms with van der Waals surface area (Å²) in [6.07, 6.45) is 2.99.